The number of carbonyl (C=O) groups excluding carboxylic acids is 1. The number of carbonyl (C=O) groups is 1. The summed E-state index contributed by atoms with van der Waals surface area (Å²) in [7, 11) is -3.51. The van der Waals surface area contributed by atoms with Crippen molar-refractivity contribution in [2.45, 2.75) is 43.4 Å². The van der Waals surface area contributed by atoms with Crippen LogP contribution in [-0.2, 0) is 14.6 Å². The highest BCUT2D eigenvalue weighted by molar-refractivity contribution is 7.90. The largest absolute Gasteiger partial charge is 0.342 e. The van der Waals surface area contributed by atoms with Gasteiger partial charge in [0.25, 0.3) is 5.78 Å². The van der Waals surface area contributed by atoms with Gasteiger partial charge in [0.1, 0.15) is 11.2 Å². The molecule has 0 saturated carbocycles. The van der Waals surface area contributed by atoms with E-state index in [2.05, 4.69) is 15.1 Å². The molecule has 0 radical (unpaired) electrons. The van der Waals surface area contributed by atoms with Crippen LogP contribution in [0.3, 0.4) is 0 Å². The number of hydrogen-bond donors (Lipinski definition) is 0. The molecule has 1 saturated heterocycles. The number of likely N-dealkylation sites (tertiary alicyclic amines) is 1. The lowest BCUT2D eigenvalue weighted by molar-refractivity contribution is -0.133. The van der Waals surface area contributed by atoms with Crippen LogP contribution in [0, 0.1) is 6.92 Å². The maximum absolute atomic E-state index is 13.2. The van der Waals surface area contributed by atoms with E-state index < -0.39 is 9.84 Å². The van der Waals surface area contributed by atoms with Crippen molar-refractivity contribution in [1.29, 1.82) is 0 Å². The molecule has 1 fully saturated rings. The van der Waals surface area contributed by atoms with E-state index >= 15 is 0 Å². The minimum Gasteiger partial charge on any atom is -0.342 e. The van der Waals surface area contributed by atoms with Crippen LogP contribution in [0.1, 0.15) is 48.4 Å². The zero-order valence-electron chi connectivity index (χ0n) is 17.3. The summed E-state index contributed by atoms with van der Waals surface area (Å²) in [5.74, 6) is -0.0189. The van der Waals surface area contributed by atoms with E-state index in [-0.39, 0.29) is 22.6 Å². The summed E-state index contributed by atoms with van der Waals surface area (Å²) in [6, 6.07) is 8.00. The van der Waals surface area contributed by atoms with Gasteiger partial charge < -0.3 is 4.90 Å². The molecule has 3 heterocycles. The number of sulfone groups is 1. The van der Waals surface area contributed by atoms with Crippen molar-refractivity contribution in [1.82, 2.24) is 24.5 Å². The monoisotopic (exact) mass is 427 g/mol. The van der Waals surface area contributed by atoms with Gasteiger partial charge in [0.15, 0.2) is 9.84 Å². The average molecular weight is 428 g/mol. The van der Waals surface area contributed by atoms with E-state index in [1.807, 2.05) is 43.0 Å². The molecule has 0 aliphatic carbocycles. The molecule has 158 valence electrons. The first-order valence-corrected chi connectivity index (χ1v) is 11.9. The van der Waals surface area contributed by atoms with Crippen LogP contribution in [0.15, 0.2) is 41.7 Å². The van der Waals surface area contributed by atoms with Gasteiger partial charge in [-0.1, -0.05) is 29.8 Å². The maximum Gasteiger partial charge on any atom is 0.252 e. The molecular formula is C21H25N5O3S. The van der Waals surface area contributed by atoms with E-state index in [4.69, 9.17) is 0 Å². The van der Waals surface area contributed by atoms with Crippen LogP contribution >= 0.6 is 0 Å². The van der Waals surface area contributed by atoms with Gasteiger partial charge in [-0.15, -0.1) is 0 Å². The van der Waals surface area contributed by atoms with Crippen molar-refractivity contribution in [3.05, 3.63) is 53.6 Å². The van der Waals surface area contributed by atoms with Crippen LogP contribution < -0.4 is 0 Å². The summed E-state index contributed by atoms with van der Waals surface area (Å²) in [4.78, 5) is 23.4. The molecule has 1 aromatic carbocycles. The second kappa shape index (κ2) is 7.79. The van der Waals surface area contributed by atoms with E-state index in [1.54, 1.807) is 0 Å². The fourth-order valence-electron chi connectivity index (χ4n) is 4.11. The third-order valence-electron chi connectivity index (χ3n) is 5.77. The molecule has 1 aliphatic heterocycles. The number of aryl methyl sites for hydroxylation is 1. The first-order chi connectivity index (χ1) is 14.3. The van der Waals surface area contributed by atoms with Crippen LogP contribution in [-0.4, -0.2) is 58.2 Å². The molecule has 0 N–H and O–H groups in total. The van der Waals surface area contributed by atoms with Gasteiger partial charge in [-0.2, -0.15) is 14.6 Å². The van der Waals surface area contributed by atoms with Gasteiger partial charge in [0.05, 0.1) is 17.8 Å². The summed E-state index contributed by atoms with van der Waals surface area (Å²) in [5.41, 5.74) is 2.69. The number of rotatable bonds is 4. The minimum absolute atomic E-state index is 0.0494. The highest BCUT2D eigenvalue weighted by Crippen LogP contribution is 2.32. The van der Waals surface area contributed by atoms with Gasteiger partial charge in [0.2, 0.25) is 5.91 Å². The number of hydrogen-bond acceptors (Lipinski definition) is 6. The Hall–Kier alpha value is -2.81. The lowest BCUT2D eigenvalue weighted by atomic mass is 9.92. The number of fused-ring (bicyclic) bond motifs is 1. The number of nitrogens with zero attached hydrogens (tertiary/aromatic N) is 5. The molecule has 0 bridgehead atoms. The van der Waals surface area contributed by atoms with Crippen molar-refractivity contribution < 1.29 is 13.2 Å². The smallest absolute Gasteiger partial charge is 0.252 e. The lowest BCUT2D eigenvalue weighted by Gasteiger charge is -2.35. The number of amides is 1. The van der Waals surface area contributed by atoms with Crippen molar-refractivity contribution in [3.63, 3.8) is 0 Å². The molecule has 2 aromatic heterocycles. The van der Waals surface area contributed by atoms with Gasteiger partial charge >= 0.3 is 0 Å². The van der Waals surface area contributed by atoms with Crippen LogP contribution in [0.5, 0.6) is 0 Å². The Bertz CT molecular complexity index is 1190. The SMILES string of the molecule is Cc1ccc([C@H](C)C(=O)N2CCC[C@@H](c3c(S(C)(=O)=O)cnc4ncnn34)C2)cc1. The third-order valence-corrected chi connectivity index (χ3v) is 6.89. The second-order valence-electron chi connectivity index (χ2n) is 8.01. The summed E-state index contributed by atoms with van der Waals surface area (Å²) >= 11 is 0. The molecule has 2 atom stereocenters. The normalized spacial score (nSPS) is 18.5. The van der Waals surface area contributed by atoms with Crippen molar-refractivity contribution >= 4 is 21.5 Å². The Balaban J connectivity index is 1.65. The zero-order valence-corrected chi connectivity index (χ0v) is 18.1. The quantitative estimate of drug-likeness (QED) is 0.634. The maximum atomic E-state index is 13.2. The summed E-state index contributed by atoms with van der Waals surface area (Å²) in [5, 5.41) is 4.20. The highest BCUT2D eigenvalue weighted by Gasteiger charge is 2.32. The molecule has 30 heavy (non-hydrogen) atoms. The fraction of sp³-hybridized carbons (Fsp3) is 0.429. The van der Waals surface area contributed by atoms with Gasteiger partial charge in [-0.3, -0.25) is 4.79 Å². The highest BCUT2D eigenvalue weighted by atomic mass is 32.2. The van der Waals surface area contributed by atoms with Gasteiger partial charge in [-0.25, -0.2) is 13.4 Å². The molecule has 0 spiro atoms. The van der Waals surface area contributed by atoms with Gasteiger partial charge in [-0.05, 0) is 32.3 Å². The van der Waals surface area contributed by atoms with Crippen molar-refractivity contribution in [2.24, 2.45) is 0 Å². The first kappa shape index (κ1) is 20.5. The van der Waals surface area contributed by atoms with Crippen LogP contribution in [0.25, 0.3) is 5.78 Å². The first-order valence-electron chi connectivity index (χ1n) is 9.99. The Morgan fingerprint density at radius 2 is 1.93 bits per heavy atom. The molecular weight excluding hydrogens is 402 g/mol. The standard InChI is InChI=1S/C21H25N5O3S/c1-14-6-8-16(9-7-14)15(2)20(27)25-10-4-5-17(12-25)19-18(30(3,28)29)11-22-21-23-13-24-26(19)21/h6-9,11,13,15,17H,4-5,10,12H2,1-3H3/t15-,17+/m0/s1. The Morgan fingerprint density at radius 3 is 2.63 bits per heavy atom. The van der Waals surface area contributed by atoms with Crippen LogP contribution in [0.2, 0.25) is 0 Å². The zero-order chi connectivity index (χ0) is 21.5. The predicted octanol–water partition coefficient (Wildman–Crippen LogP) is 2.35. The molecule has 9 heteroatoms. The van der Waals surface area contributed by atoms with Crippen LogP contribution in [0.4, 0.5) is 0 Å². The number of piperidine rings is 1. The summed E-state index contributed by atoms with van der Waals surface area (Å²) in [6.45, 7) is 5.03. The topological polar surface area (TPSA) is 97.5 Å². The Morgan fingerprint density at radius 1 is 1.20 bits per heavy atom. The van der Waals surface area contributed by atoms with Crippen molar-refractivity contribution in [3.8, 4) is 0 Å². The Kier molecular flexibility index (Phi) is 5.31. The summed E-state index contributed by atoms with van der Waals surface area (Å²) < 4.78 is 26.3. The van der Waals surface area contributed by atoms with Crippen molar-refractivity contribution in [2.75, 3.05) is 19.3 Å². The molecule has 1 amide bonds. The number of aromatic nitrogens is 4. The third kappa shape index (κ3) is 3.81. The fourth-order valence-corrected chi connectivity index (χ4v) is 4.99. The second-order valence-corrected chi connectivity index (χ2v) is 9.99. The minimum atomic E-state index is -3.51. The summed E-state index contributed by atoms with van der Waals surface area (Å²) in [6.07, 6.45) is 5.44. The molecule has 8 nitrogen and oxygen atoms in total. The van der Waals surface area contributed by atoms with E-state index in [1.165, 1.54) is 23.3 Å². The van der Waals surface area contributed by atoms with E-state index in [0.29, 0.717) is 24.6 Å². The number of benzene rings is 1. The lowest BCUT2D eigenvalue weighted by Crippen LogP contribution is -2.41. The molecule has 1 aliphatic rings. The average Bonchev–Trinajstić information content (AvgIpc) is 3.21. The predicted molar refractivity (Wildman–Crippen MR) is 112 cm³/mol. The molecule has 4 rings (SSSR count). The van der Waals surface area contributed by atoms with E-state index in [0.717, 1.165) is 24.0 Å². The Labute approximate surface area is 175 Å². The van der Waals surface area contributed by atoms with Gasteiger partial charge in [0, 0.05) is 25.3 Å². The van der Waals surface area contributed by atoms with E-state index in [9.17, 15) is 13.2 Å². The molecule has 3 aromatic rings. The molecule has 0 unspecified atom stereocenters.